The second-order valence-corrected chi connectivity index (χ2v) is 8.31. The minimum atomic E-state index is -0.556. The number of carbonyl (C=O) groups is 2. The van der Waals surface area contributed by atoms with Crippen LogP contribution in [0, 0.1) is 0 Å². The molecular formula is C25H19ClO4S. The second kappa shape index (κ2) is 9.77. The minimum Gasteiger partial charge on any atom is -0.462 e. The van der Waals surface area contributed by atoms with Crippen LogP contribution >= 0.6 is 22.9 Å². The van der Waals surface area contributed by atoms with E-state index in [1.807, 2.05) is 54.6 Å². The zero-order valence-corrected chi connectivity index (χ0v) is 18.1. The number of thiophene rings is 1. The molecule has 0 unspecified atom stereocenters. The van der Waals surface area contributed by atoms with Crippen molar-refractivity contribution in [1.82, 2.24) is 0 Å². The summed E-state index contributed by atoms with van der Waals surface area (Å²) < 4.78 is 11.7. The fourth-order valence-corrected chi connectivity index (χ4v) is 4.54. The Morgan fingerprint density at radius 2 is 1.65 bits per heavy atom. The van der Waals surface area contributed by atoms with Gasteiger partial charge in [-0.1, -0.05) is 66.2 Å². The highest BCUT2D eigenvalue weighted by molar-refractivity contribution is 7.21. The van der Waals surface area contributed by atoms with E-state index in [0.717, 1.165) is 22.9 Å². The molecule has 4 rings (SSSR count). The predicted molar refractivity (Wildman–Crippen MR) is 123 cm³/mol. The van der Waals surface area contributed by atoms with E-state index in [2.05, 4.69) is 0 Å². The number of hydrogen-bond acceptors (Lipinski definition) is 5. The first-order valence-corrected chi connectivity index (χ1v) is 11.0. The number of rotatable bonds is 7. The van der Waals surface area contributed by atoms with Crippen molar-refractivity contribution < 1.29 is 19.1 Å². The van der Waals surface area contributed by atoms with E-state index >= 15 is 0 Å². The van der Waals surface area contributed by atoms with Gasteiger partial charge in [0, 0.05) is 10.1 Å². The molecule has 4 aromatic rings. The molecule has 0 spiro atoms. The number of aryl methyl sites for hydroxylation is 1. The standard InChI is InChI=1S/C25H19ClO4S/c26-22-20-13-4-5-14-21(20)31-23(22)25(28)30-19-12-6-11-18(16-19)24(27)29-15-7-10-17-8-2-1-3-9-17/h1-6,8-9,11-14,16H,7,10,15H2. The van der Waals surface area contributed by atoms with Crippen molar-refractivity contribution in [2.75, 3.05) is 6.61 Å². The Bertz CT molecular complexity index is 1220. The van der Waals surface area contributed by atoms with Crippen LogP contribution in [0.1, 0.15) is 32.0 Å². The molecule has 0 amide bonds. The van der Waals surface area contributed by atoms with E-state index < -0.39 is 11.9 Å². The van der Waals surface area contributed by atoms with Crippen LogP contribution in [0.5, 0.6) is 5.75 Å². The van der Waals surface area contributed by atoms with Crippen molar-refractivity contribution in [3.05, 3.63) is 99.9 Å². The monoisotopic (exact) mass is 450 g/mol. The Balaban J connectivity index is 1.36. The molecule has 3 aromatic carbocycles. The van der Waals surface area contributed by atoms with Gasteiger partial charge in [0.2, 0.25) is 0 Å². The molecular weight excluding hydrogens is 432 g/mol. The number of benzene rings is 3. The maximum Gasteiger partial charge on any atom is 0.355 e. The molecule has 0 saturated heterocycles. The average Bonchev–Trinajstić information content (AvgIpc) is 3.14. The van der Waals surface area contributed by atoms with Gasteiger partial charge in [-0.15, -0.1) is 11.3 Å². The van der Waals surface area contributed by atoms with Gasteiger partial charge in [0.25, 0.3) is 0 Å². The molecule has 0 saturated carbocycles. The van der Waals surface area contributed by atoms with Crippen molar-refractivity contribution >= 4 is 45.0 Å². The lowest BCUT2D eigenvalue weighted by atomic mass is 10.1. The molecule has 0 bridgehead atoms. The van der Waals surface area contributed by atoms with Gasteiger partial charge < -0.3 is 9.47 Å². The summed E-state index contributed by atoms with van der Waals surface area (Å²) in [5, 5.41) is 1.19. The summed E-state index contributed by atoms with van der Waals surface area (Å²) in [4.78, 5) is 25.3. The van der Waals surface area contributed by atoms with E-state index in [9.17, 15) is 9.59 Å². The smallest absolute Gasteiger partial charge is 0.355 e. The molecule has 6 heteroatoms. The molecule has 31 heavy (non-hydrogen) atoms. The SMILES string of the molecule is O=C(OCCCc1ccccc1)c1cccc(OC(=O)c2sc3ccccc3c2Cl)c1. The average molecular weight is 451 g/mol. The first-order chi connectivity index (χ1) is 15.1. The number of halogens is 1. The molecule has 0 N–H and O–H groups in total. The highest BCUT2D eigenvalue weighted by atomic mass is 35.5. The van der Waals surface area contributed by atoms with E-state index in [4.69, 9.17) is 21.1 Å². The molecule has 0 aliphatic rings. The molecule has 1 aromatic heterocycles. The van der Waals surface area contributed by atoms with Crippen LogP contribution < -0.4 is 4.74 Å². The quantitative estimate of drug-likeness (QED) is 0.182. The van der Waals surface area contributed by atoms with Gasteiger partial charge in [-0.2, -0.15) is 0 Å². The van der Waals surface area contributed by atoms with Crippen LogP contribution in [-0.4, -0.2) is 18.5 Å². The summed E-state index contributed by atoms with van der Waals surface area (Å²) in [6.45, 7) is 0.315. The summed E-state index contributed by atoms with van der Waals surface area (Å²) in [5.41, 5.74) is 1.53. The molecule has 0 aliphatic heterocycles. The van der Waals surface area contributed by atoms with Gasteiger partial charge in [0.1, 0.15) is 10.6 Å². The van der Waals surface area contributed by atoms with E-state index in [0.29, 0.717) is 22.1 Å². The fourth-order valence-electron chi connectivity index (χ4n) is 3.15. The van der Waals surface area contributed by atoms with E-state index in [1.54, 1.807) is 18.2 Å². The van der Waals surface area contributed by atoms with Gasteiger partial charge in [-0.25, -0.2) is 9.59 Å². The summed E-state index contributed by atoms with van der Waals surface area (Å²) in [7, 11) is 0. The summed E-state index contributed by atoms with van der Waals surface area (Å²) in [6, 6.07) is 23.9. The highest BCUT2D eigenvalue weighted by Gasteiger charge is 2.19. The lowest BCUT2D eigenvalue weighted by Gasteiger charge is -2.07. The summed E-state index contributed by atoms with van der Waals surface area (Å²) >= 11 is 7.63. The number of ether oxygens (including phenoxy) is 2. The van der Waals surface area contributed by atoms with Gasteiger partial charge in [-0.05, 0) is 42.7 Å². The Labute approximate surface area is 189 Å². The zero-order chi connectivity index (χ0) is 21.6. The Morgan fingerprint density at radius 1 is 0.871 bits per heavy atom. The van der Waals surface area contributed by atoms with Crippen LogP contribution in [0.15, 0.2) is 78.9 Å². The Kier molecular flexibility index (Phi) is 6.65. The third kappa shape index (κ3) is 5.13. The van der Waals surface area contributed by atoms with Crippen LogP contribution in [0.3, 0.4) is 0 Å². The third-order valence-electron chi connectivity index (χ3n) is 4.69. The van der Waals surface area contributed by atoms with Gasteiger partial charge in [-0.3, -0.25) is 0 Å². The highest BCUT2D eigenvalue weighted by Crippen LogP contribution is 2.35. The zero-order valence-electron chi connectivity index (χ0n) is 16.5. The lowest BCUT2D eigenvalue weighted by Crippen LogP contribution is -2.10. The predicted octanol–water partition coefficient (Wildman–Crippen LogP) is 6.56. The molecule has 4 nitrogen and oxygen atoms in total. The van der Waals surface area contributed by atoms with Crippen molar-refractivity contribution in [2.24, 2.45) is 0 Å². The topological polar surface area (TPSA) is 52.6 Å². The van der Waals surface area contributed by atoms with Crippen molar-refractivity contribution in [2.45, 2.75) is 12.8 Å². The maximum absolute atomic E-state index is 12.6. The van der Waals surface area contributed by atoms with Gasteiger partial charge >= 0.3 is 11.9 Å². The van der Waals surface area contributed by atoms with Crippen molar-refractivity contribution in [3.63, 3.8) is 0 Å². The van der Waals surface area contributed by atoms with Crippen molar-refractivity contribution in [3.8, 4) is 5.75 Å². The second-order valence-electron chi connectivity index (χ2n) is 6.88. The lowest BCUT2D eigenvalue weighted by molar-refractivity contribution is 0.0498. The van der Waals surface area contributed by atoms with Crippen LogP contribution in [-0.2, 0) is 11.2 Å². The van der Waals surface area contributed by atoms with E-state index in [-0.39, 0.29) is 5.75 Å². The largest absolute Gasteiger partial charge is 0.462 e. The molecule has 0 radical (unpaired) electrons. The first kappa shape index (κ1) is 21.1. The van der Waals surface area contributed by atoms with Gasteiger partial charge in [0.15, 0.2) is 0 Å². The minimum absolute atomic E-state index is 0.261. The summed E-state index contributed by atoms with van der Waals surface area (Å²) in [5.74, 6) is -0.748. The van der Waals surface area contributed by atoms with Crippen LogP contribution in [0.25, 0.3) is 10.1 Å². The van der Waals surface area contributed by atoms with Crippen molar-refractivity contribution in [1.29, 1.82) is 0 Å². The molecule has 0 aliphatic carbocycles. The summed E-state index contributed by atoms with van der Waals surface area (Å²) in [6.07, 6.45) is 1.57. The maximum atomic E-state index is 12.6. The molecule has 1 heterocycles. The third-order valence-corrected chi connectivity index (χ3v) is 6.34. The Morgan fingerprint density at radius 3 is 2.45 bits per heavy atom. The molecule has 156 valence electrons. The normalized spacial score (nSPS) is 10.7. The Hall–Kier alpha value is -3.15. The first-order valence-electron chi connectivity index (χ1n) is 9.82. The number of hydrogen-bond donors (Lipinski definition) is 0. The van der Waals surface area contributed by atoms with Crippen LogP contribution in [0.2, 0.25) is 5.02 Å². The van der Waals surface area contributed by atoms with E-state index in [1.165, 1.54) is 23.0 Å². The van der Waals surface area contributed by atoms with Gasteiger partial charge in [0.05, 0.1) is 17.2 Å². The number of carbonyl (C=O) groups excluding carboxylic acids is 2. The molecule has 0 fully saturated rings. The fraction of sp³-hybridized carbons (Fsp3) is 0.120. The number of esters is 2. The van der Waals surface area contributed by atoms with Crippen LogP contribution in [0.4, 0.5) is 0 Å². The number of fused-ring (bicyclic) bond motifs is 1. The molecule has 0 atom stereocenters.